The summed E-state index contributed by atoms with van der Waals surface area (Å²) in [6.45, 7) is 5.87. The van der Waals surface area contributed by atoms with Crippen molar-refractivity contribution >= 4 is 15.9 Å². The summed E-state index contributed by atoms with van der Waals surface area (Å²) in [6.07, 6.45) is 0.0908. The Morgan fingerprint density at radius 1 is 1.35 bits per heavy atom. The standard InChI is InChI=1S/C13H19BrO3/c1-4-16-8-10(2)17-9-11-7-12(15-3)5-6-13(11)14/h5-7,10H,4,8-9H2,1-3H3. The molecule has 1 unspecified atom stereocenters. The van der Waals surface area contributed by atoms with Crippen LogP contribution in [0.25, 0.3) is 0 Å². The van der Waals surface area contributed by atoms with E-state index in [0.29, 0.717) is 13.2 Å². The maximum absolute atomic E-state index is 5.70. The summed E-state index contributed by atoms with van der Waals surface area (Å²) in [5.41, 5.74) is 1.08. The maximum atomic E-state index is 5.70. The first-order chi connectivity index (χ1) is 8.17. The van der Waals surface area contributed by atoms with Gasteiger partial charge in [0, 0.05) is 11.1 Å². The lowest BCUT2D eigenvalue weighted by molar-refractivity contribution is -0.0118. The summed E-state index contributed by atoms with van der Waals surface area (Å²) < 4.78 is 17.2. The molecule has 1 aromatic rings. The Hall–Kier alpha value is -0.580. The molecule has 1 rings (SSSR count). The van der Waals surface area contributed by atoms with Crippen molar-refractivity contribution in [2.75, 3.05) is 20.3 Å². The number of rotatable bonds is 7. The van der Waals surface area contributed by atoms with Crippen LogP contribution in [-0.2, 0) is 16.1 Å². The first-order valence-corrected chi connectivity index (χ1v) is 6.48. The molecule has 0 saturated carbocycles. The van der Waals surface area contributed by atoms with Gasteiger partial charge in [0.05, 0.1) is 26.4 Å². The van der Waals surface area contributed by atoms with Crippen molar-refractivity contribution in [2.24, 2.45) is 0 Å². The third-order valence-corrected chi connectivity index (χ3v) is 3.11. The van der Waals surface area contributed by atoms with Gasteiger partial charge >= 0.3 is 0 Å². The third kappa shape index (κ3) is 5.06. The Balaban J connectivity index is 2.50. The van der Waals surface area contributed by atoms with E-state index in [-0.39, 0.29) is 6.10 Å². The number of ether oxygens (including phenoxy) is 3. The minimum atomic E-state index is 0.0908. The molecular formula is C13H19BrO3. The summed E-state index contributed by atoms with van der Waals surface area (Å²) in [7, 11) is 1.66. The number of methoxy groups -OCH3 is 1. The van der Waals surface area contributed by atoms with Gasteiger partial charge in [0.1, 0.15) is 5.75 Å². The van der Waals surface area contributed by atoms with E-state index in [1.54, 1.807) is 7.11 Å². The molecule has 0 fully saturated rings. The monoisotopic (exact) mass is 302 g/mol. The molecule has 0 amide bonds. The molecule has 1 atom stereocenters. The molecule has 0 bridgehead atoms. The molecule has 0 saturated heterocycles. The van der Waals surface area contributed by atoms with E-state index in [1.165, 1.54) is 0 Å². The lowest BCUT2D eigenvalue weighted by Gasteiger charge is -2.14. The molecule has 1 aromatic carbocycles. The minimum Gasteiger partial charge on any atom is -0.497 e. The van der Waals surface area contributed by atoms with Gasteiger partial charge in [-0.3, -0.25) is 0 Å². The molecule has 0 N–H and O–H groups in total. The Morgan fingerprint density at radius 2 is 2.12 bits per heavy atom. The third-order valence-electron chi connectivity index (χ3n) is 2.33. The molecule has 3 nitrogen and oxygen atoms in total. The fraction of sp³-hybridized carbons (Fsp3) is 0.538. The molecule has 0 aliphatic heterocycles. The van der Waals surface area contributed by atoms with Crippen molar-refractivity contribution in [2.45, 2.75) is 26.6 Å². The van der Waals surface area contributed by atoms with Crippen LogP contribution in [0.15, 0.2) is 22.7 Å². The van der Waals surface area contributed by atoms with Gasteiger partial charge in [-0.15, -0.1) is 0 Å². The molecule has 96 valence electrons. The quantitative estimate of drug-likeness (QED) is 0.772. The van der Waals surface area contributed by atoms with Gasteiger partial charge in [0.25, 0.3) is 0 Å². The van der Waals surface area contributed by atoms with Crippen molar-refractivity contribution in [1.29, 1.82) is 0 Å². The number of benzene rings is 1. The van der Waals surface area contributed by atoms with E-state index in [4.69, 9.17) is 14.2 Å². The second-order valence-electron chi connectivity index (χ2n) is 3.74. The molecule has 4 heteroatoms. The van der Waals surface area contributed by atoms with Crippen LogP contribution in [0.3, 0.4) is 0 Å². The van der Waals surface area contributed by atoms with Gasteiger partial charge in [-0.05, 0) is 37.6 Å². The van der Waals surface area contributed by atoms with Gasteiger partial charge < -0.3 is 14.2 Å². The Bertz CT molecular complexity index is 341. The summed E-state index contributed by atoms with van der Waals surface area (Å²) in [6, 6.07) is 5.85. The summed E-state index contributed by atoms with van der Waals surface area (Å²) in [5.74, 6) is 0.837. The van der Waals surface area contributed by atoms with Crippen LogP contribution in [0, 0.1) is 0 Å². The van der Waals surface area contributed by atoms with Crippen LogP contribution in [0.5, 0.6) is 5.75 Å². The van der Waals surface area contributed by atoms with Crippen LogP contribution >= 0.6 is 15.9 Å². The van der Waals surface area contributed by atoms with Crippen LogP contribution in [-0.4, -0.2) is 26.4 Å². The molecule has 0 aliphatic rings. The summed E-state index contributed by atoms with van der Waals surface area (Å²) in [5, 5.41) is 0. The highest BCUT2D eigenvalue weighted by molar-refractivity contribution is 9.10. The van der Waals surface area contributed by atoms with Crippen molar-refractivity contribution in [3.63, 3.8) is 0 Å². The smallest absolute Gasteiger partial charge is 0.119 e. The van der Waals surface area contributed by atoms with Crippen molar-refractivity contribution < 1.29 is 14.2 Å². The topological polar surface area (TPSA) is 27.7 Å². The molecule has 0 radical (unpaired) electrons. The molecular weight excluding hydrogens is 284 g/mol. The Morgan fingerprint density at radius 3 is 2.76 bits per heavy atom. The first-order valence-electron chi connectivity index (χ1n) is 5.69. The number of hydrogen-bond acceptors (Lipinski definition) is 3. The highest BCUT2D eigenvalue weighted by atomic mass is 79.9. The summed E-state index contributed by atoms with van der Waals surface area (Å²) >= 11 is 3.50. The molecule has 0 aliphatic carbocycles. The highest BCUT2D eigenvalue weighted by Crippen LogP contribution is 2.23. The fourth-order valence-corrected chi connectivity index (χ4v) is 1.71. The van der Waals surface area contributed by atoms with Gasteiger partial charge in [-0.25, -0.2) is 0 Å². The SMILES string of the molecule is CCOCC(C)OCc1cc(OC)ccc1Br. The molecule has 17 heavy (non-hydrogen) atoms. The van der Waals surface area contributed by atoms with Gasteiger partial charge in [0.2, 0.25) is 0 Å². The highest BCUT2D eigenvalue weighted by Gasteiger charge is 2.06. The fourth-order valence-electron chi connectivity index (χ4n) is 1.35. The second-order valence-corrected chi connectivity index (χ2v) is 4.59. The number of hydrogen-bond donors (Lipinski definition) is 0. The van der Waals surface area contributed by atoms with Crippen LogP contribution < -0.4 is 4.74 Å². The second kappa shape index (κ2) is 7.69. The average molecular weight is 303 g/mol. The zero-order valence-corrected chi connectivity index (χ0v) is 12.1. The zero-order chi connectivity index (χ0) is 12.7. The maximum Gasteiger partial charge on any atom is 0.119 e. The average Bonchev–Trinajstić information content (AvgIpc) is 2.35. The Labute approximate surface area is 111 Å². The predicted molar refractivity (Wildman–Crippen MR) is 71.4 cm³/mol. The number of halogens is 1. The van der Waals surface area contributed by atoms with E-state index in [2.05, 4.69) is 15.9 Å². The molecule has 0 aromatic heterocycles. The van der Waals surface area contributed by atoms with Crippen LogP contribution in [0.4, 0.5) is 0 Å². The molecule has 0 heterocycles. The van der Waals surface area contributed by atoms with E-state index in [9.17, 15) is 0 Å². The van der Waals surface area contributed by atoms with Crippen molar-refractivity contribution in [3.8, 4) is 5.75 Å². The van der Waals surface area contributed by atoms with E-state index >= 15 is 0 Å². The van der Waals surface area contributed by atoms with Crippen LogP contribution in [0.1, 0.15) is 19.4 Å². The van der Waals surface area contributed by atoms with Crippen molar-refractivity contribution in [3.05, 3.63) is 28.2 Å². The summed E-state index contributed by atoms with van der Waals surface area (Å²) in [4.78, 5) is 0. The first kappa shape index (κ1) is 14.5. The van der Waals surface area contributed by atoms with E-state index in [0.717, 1.165) is 22.4 Å². The van der Waals surface area contributed by atoms with Gasteiger partial charge in [-0.1, -0.05) is 15.9 Å². The minimum absolute atomic E-state index is 0.0908. The van der Waals surface area contributed by atoms with E-state index in [1.807, 2.05) is 32.0 Å². The predicted octanol–water partition coefficient (Wildman–Crippen LogP) is 3.40. The lowest BCUT2D eigenvalue weighted by atomic mass is 10.2. The van der Waals surface area contributed by atoms with Crippen molar-refractivity contribution in [1.82, 2.24) is 0 Å². The zero-order valence-electron chi connectivity index (χ0n) is 10.5. The normalized spacial score (nSPS) is 12.5. The lowest BCUT2D eigenvalue weighted by Crippen LogP contribution is -2.15. The Kier molecular flexibility index (Phi) is 6.55. The van der Waals surface area contributed by atoms with Gasteiger partial charge in [-0.2, -0.15) is 0 Å². The molecule has 0 spiro atoms. The van der Waals surface area contributed by atoms with Crippen LogP contribution in [0.2, 0.25) is 0 Å². The van der Waals surface area contributed by atoms with Gasteiger partial charge in [0.15, 0.2) is 0 Å². The van der Waals surface area contributed by atoms with E-state index < -0.39 is 0 Å². The largest absolute Gasteiger partial charge is 0.497 e.